The van der Waals surface area contributed by atoms with Gasteiger partial charge in [-0.3, -0.25) is 4.79 Å². The number of carbonyl (C=O) groups excluding carboxylic acids is 1. The van der Waals surface area contributed by atoms with Crippen molar-refractivity contribution in [2.75, 3.05) is 5.32 Å². The van der Waals surface area contributed by atoms with Crippen LogP contribution in [0.4, 0.5) is 5.69 Å². The van der Waals surface area contributed by atoms with E-state index in [2.05, 4.69) is 5.32 Å². The Morgan fingerprint density at radius 2 is 1.92 bits per heavy atom. The molecule has 0 bridgehead atoms. The molecule has 0 saturated carbocycles. The van der Waals surface area contributed by atoms with E-state index in [0.29, 0.717) is 0 Å². The number of para-hydroxylation sites is 1. The highest BCUT2D eigenvalue weighted by atomic mass is 16.1. The van der Waals surface area contributed by atoms with E-state index in [9.17, 15) is 4.79 Å². The van der Waals surface area contributed by atoms with E-state index in [1.165, 1.54) is 0 Å². The predicted molar refractivity (Wildman–Crippen MR) is 50.2 cm³/mol. The van der Waals surface area contributed by atoms with Gasteiger partial charge in [-0.1, -0.05) is 18.2 Å². The minimum atomic E-state index is -0.104. The standard InChI is InChI=1S/C10H13NO/c1-8(9(2)12)11-10-6-4-3-5-7-10/h3-8,11H,1-2H3/t8-/m0/s1. The van der Waals surface area contributed by atoms with Crippen molar-refractivity contribution in [1.82, 2.24) is 0 Å². The van der Waals surface area contributed by atoms with Crippen LogP contribution >= 0.6 is 0 Å². The van der Waals surface area contributed by atoms with E-state index in [0.717, 1.165) is 5.69 Å². The molecule has 1 N–H and O–H groups in total. The number of ketones is 1. The topological polar surface area (TPSA) is 29.1 Å². The Balaban J connectivity index is 2.58. The van der Waals surface area contributed by atoms with Crippen LogP contribution in [-0.2, 0) is 4.79 Å². The van der Waals surface area contributed by atoms with Crippen LogP contribution in [0.15, 0.2) is 30.3 Å². The lowest BCUT2D eigenvalue weighted by atomic mass is 10.2. The first-order chi connectivity index (χ1) is 5.70. The molecule has 0 aliphatic heterocycles. The first-order valence-electron chi connectivity index (χ1n) is 4.02. The third-order valence-corrected chi connectivity index (χ3v) is 1.77. The third-order valence-electron chi connectivity index (χ3n) is 1.77. The summed E-state index contributed by atoms with van der Waals surface area (Å²) in [5.74, 6) is 0.152. The molecule has 1 rings (SSSR count). The van der Waals surface area contributed by atoms with Gasteiger partial charge in [-0.25, -0.2) is 0 Å². The second kappa shape index (κ2) is 3.90. The zero-order chi connectivity index (χ0) is 8.97. The Bertz CT molecular complexity index is 256. The van der Waals surface area contributed by atoms with Crippen molar-refractivity contribution in [3.05, 3.63) is 30.3 Å². The third kappa shape index (κ3) is 2.38. The van der Waals surface area contributed by atoms with E-state index in [1.807, 2.05) is 37.3 Å². The molecule has 2 heteroatoms. The first kappa shape index (κ1) is 8.78. The number of hydrogen-bond donors (Lipinski definition) is 1. The lowest BCUT2D eigenvalue weighted by Gasteiger charge is -2.10. The van der Waals surface area contributed by atoms with Crippen molar-refractivity contribution in [3.63, 3.8) is 0 Å². The highest BCUT2D eigenvalue weighted by molar-refractivity contribution is 5.83. The van der Waals surface area contributed by atoms with Gasteiger partial charge in [0.1, 0.15) is 0 Å². The zero-order valence-electron chi connectivity index (χ0n) is 7.37. The molecule has 0 aliphatic rings. The van der Waals surface area contributed by atoms with Gasteiger partial charge >= 0.3 is 0 Å². The average molecular weight is 163 g/mol. The van der Waals surface area contributed by atoms with Crippen molar-refractivity contribution in [3.8, 4) is 0 Å². The van der Waals surface area contributed by atoms with Gasteiger partial charge in [0.05, 0.1) is 6.04 Å². The predicted octanol–water partition coefficient (Wildman–Crippen LogP) is 2.08. The summed E-state index contributed by atoms with van der Waals surface area (Å²) in [5.41, 5.74) is 0.986. The van der Waals surface area contributed by atoms with Crippen molar-refractivity contribution in [2.45, 2.75) is 19.9 Å². The number of anilines is 1. The lowest BCUT2D eigenvalue weighted by molar-refractivity contribution is -0.117. The van der Waals surface area contributed by atoms with Crippen LogP contribution in [0.5, 0.6) is 0 Å². The van der Waals surface area contributed by atoms with Gasteiger partial charge in [0.25, 0.3) is 0 Å². The van der Waals surface area contributed by atoms with E-state index >= 15 is 0 Å². The smallest absolute Gasteiger partial charge is 0.151 e. The van der Waals surface area contributed by atoms with Crippen LogP contribution in [0.2, 0.25) is 0 Å². The van der Waals surface area contributed by atoms with Crippen molar-refractivity contribution in [2.24, 2.45) is 0 Å². The van der Waals surface area contributed by atoms with Gasteiger partial charge < -0.3 is 5.32 Å². The maximum absolute atomic E-state index is 10.9. The number of nitrogens with one attached hydrogen (secondary N) is 1. The molecule has 0 radical (unpaired) electrons. The minimum absolute atomic E-state index is 0.104. The Kier molecular flexibility index (Phi) is 2.86. The molecule has 0 aliphatic carbocycles. The number of Topliss-reactive ketones (excluding diaryl/α,β-unsaturated/α-hetero) is 1. The Hall–Kier alpha value is -1.31. The fourth-order valence-electron chi connectivity index (χ4n) is 0.886. The van der Waals surface area contributed by atoms with Crippen LogP contribution in [-0.4, -0.2) is 11.8 Å². The summed E-state index contributed by atoms with van der Waals surface area (Å²) in [6.45, 7) is 3.44. The Morgan fingerprint density at radius 1 is 1.33 bits per heavy atom. The molecule has 1 atom stereocenters. The van der Waals surface area contributed by atoms with Crippen LogP contribution in [0.1, 0.15) is 13.8 Å². The SMILES string of the molecule is CC(=O)[C@H](C)Nc1ccccc1. The van der Waals surface area contributed by atoms with Gasteiger partial charge in [0.2, 0.25) is 0 Å². The molecular formula is C10H13NO. The molecule has 0 spiro atoms. The van der Waals surface area contributed by atoms with Crippen molar-refractivity contribution in [1.29, 1.82) is 0 Å². The summed E-state index contributed by atoms with van der Waals surface area (Å²) in [4.78, 5) is 10.9. The summed E-state index contributed by atoms with van der Waals surface area (Å²) in [5, 5.41) is 3.09. The van der Waals surface area contributed by atoms with E-state index in [4.69, 9.17) is 0 Å². The fourth-order valence-corrected chi connectivity index (χ4v) is 0.886. The van der Waals surface area contributed by atoms with E-state index < -0.39 is 0 Å². The van der Waals surface area contributed by atoms with E-state index in [-0.39, 0.29) is 11.8 Å². The largest absolute Gasteiger partial charge is 0.376 e. The normalized spacial score (nSPS) is 12.2. The summed E-state index contributed by atoms with van der Waals surface area (Å²) in [6, 6.07) is 9.61. The fraction of sp³-hybridized carbons (Fsp3) is 0.300. The van der Waals surface area contributed by atoms with Gasteiger partial charge in [0, 0.05) is 5.69 Å². The second-order valence-electron chi connectivity index (χ2n) is 2.84. The van der Waals surface area contributed by atoms with Crippen LogP contribution in [0, 0.1) is 0 Å². The van der Waals surface area contributed by atoms with Crippen molar-refractivity contribution >= 4 is 11.5 Å². The molecule has 1 aromatic rings. The Morgan fingerprint density at radius 3 is 2.42 bits per heavy atom. The van der Waals surface area contributed by atoms with Gasteiger partial charge in [0.15, 0.2) is 5.78 Å². The maximum atomic E-state index is 10.9. The number of carbonyl (C=O) groups is 1. The molecule has 12 heavy (non-hydrogen) atoms. The Labute approximate surface area is 72.6 Å². The van der Waals surface area contributed by atoms with Crippen molar-refractivity contribution < 1.29 is 4.79 Å². The maximum Gasteiger partial charge on any atom is 0.151 e. The zero-order valence-corrected chi connectivity index (χ0v) is 7.37. The number of rotatable bonds is 3. The highest BCUT2D eigenvalue weighted by Gasteiger charge is 2.05. The molecule has 0 amide bonds. The number of hydrogen-bond acceptors (Lipinski definition) is 2. The molecule has 0 unspecified atom stereocenters. The lowest BCUT2D eigenvalue weighted by Crippen LogP contribution is -2.23. The monoisotopic (exact) mass is 163 g/mol. The number of benzene rings is 1. The first-order valence-corrected chi connectivity index (χ1v) is 4.02. The summed E-state index contributed by atoms with van der Waals surface area (Å²) >= 11 is 0. The summed E-state index contributed by atoms with van der Waals surface area (Å²) in [7, 11) is 0. The molecule has 1 aromatic carbocycles. The second-order valence-corrected chi connectivity index (χ2v) is 2.84. The summed E-state index contributed by atoms with van der Waals surface area (Å²) in [6.07, 6.45) is 0. The molecular weight excluding hydrogens is 150 g/mol. The molecule has 64 valence electrons. The minimum Gasteiger partial charge on any atom is -0.376 e. The van der Waals surface area contributed by atoms with Gasteiger partial charge in [-0.2, -0.15) is 0 Å². The van der Waals surface area contributed by atoms with Gasteiger partial charge in [-0.15, -0.1) is 0 Å². The molecule has 0 fully saturated rings. The molecule has 2 nitrogen and oxygen atoms in total. The van der Waals surface area contributed by atoms with Crippen LogP contribution < -0.4 is 5.32 Å². The average Bonchev–Trinajstić information content (AvgIpc) is 2.06. The molecule has 0 aromatic heterocycles. The van der Waals surface area contributed by atoms with Gasteiger partial charge in [-0.05, 0) is 26.0 Å². The molecule has 0 saturated heterocycles. The van der Waals surface area contributed by atoms with Crippen LogP contribution in [0.3, 0.4) is 0 Å². The quantitative estimate of drug-likeness (QED) is 0.739. The highest BCUT2D eigenvalue weighted by Crippen LogP contribution is 2.06. The molecule has 0 heterocycles. The van der Waals surface area contributed by atoms with E-state index in [1.54, 1.807) is 6.92 Å². The van der Waals surface area contributed by atoms with Crippen LogP contribution in [0.25, 0.3) is 0 Å². The summed E-state index contributed by atoms with van der Waals surface area (Å²) < 4.78 is 0.